The fourth-order valence-corrected chi connectivity index (χ4v) is 2.21. The third-order valence-corrected chi connectivity index (χ3v) is 3.24. The predicted molar refractivity (Wildman–Crippen MR) is 77.5 cm³/mol. The van der Waals surface area contributed by atoms with Gasteiger partial charge in [0.25, 0.3) is 0 Å². The van der Waals surface area contributed by atoms with Gasteiger partial charge in [-0.25, -0.2) is 0 Å². The molecule has 0 radical (unpaired) electrons. The van der Waals surface area contributed by atoms with Crippen molar-refractivity contribution in [3.05, 3.63) is 70.8 Å². The summed E-state index contributed by atoms with van der Waals surface area (Å²) in [6.07, 6.45) is 0. The average molecular weight is 239 g/mol. The molecular formula is C17H21N. The summed E-state index contributed by atoms with van der Waals surface area (Å²) in [4.78, 5) is 2.36. The van der Waals surface area contributed by atoms with E-state index in [1.54, 1.807) is 0 Å². The van der Waals surface area contributed by atoms with Crippen LogP contribution in [0, 0.1) is 13.8 Å². The fourth-order valence-electron chi connectivity index (χ4n) is 2.21. The number of nitrogens with zero attached hydrogens (tertiary/aromatic N) is 1. The topological polar surface area (TPSA) is 3.24 Å². The summed E-state index contributed by atoms with van der Waals surface area (Å²) in [7, 11) is 2.18. The Morgan fingerprint density at radius 3 is 2.33 bits per heavy atom. The lowest BCUT2D eigenvalue weighted by atomic mass is 10.1. The Hall–Kier alpha value is -1.60. The standard InChI is InChI=1S/C17H21N/c1-14-9-10-15(2)17(11-14)13-18(3)12-16-7-5-4-6-8-16/h4-11H,12-13H2,1-3H3. The zero-order valence-corrected chi connectivity index (χ0v) is 11.5. The summed E-state index contributed by atoms with van der Waals surface area (Å²) in [5.41, 5.74) is 5.50. The van der Waals surface area contributed by atoms with Crippen LogP contribution in [0.1, 0.15) is 22.3 Å². The van der Waals surface area contributed by atoms with Gasteiger partial charge in [0.1, 0.15) is 0 Å². The predicted octanol–water partition coefficient (Wildman–Crippen LogP) is 3.94. The van der Waals surface area contributed by atoms with Gasteiger partial charge >= 0.3 is 0 Å². The molecule has 0 N–H and O–H groups in total. The van der Waals surface area contributed by atoms with E-state index in [2.05, 4.69) is 74.3 Å². The minimum absolute atomic E-state index is 0.994. The van der Waals surface area contributed by atoms with Crippen LogP contribution in [-0.4, -0.2) is 11.9 Å². The third-order valence-electron chi connectivity index (χ3n) is 3.24. The maximum Gasteiger partial charge on any atom is 0.0236 e. The Balaban J connectivity index is 2.03. The largest absolute Gasteiger partial charge is 0.298 e. The monoisotopic (exact) mass is 239 g/mol. The fraction of sp³-hybridized carbons (Fsp3) is 0.294. The molecule has 0 bridgehead atoms. The molecule has 0 amide bonds. The smallest absolute Gasteiger partial charge is 0.0236 e. The normalized spacial score (nSPS) is 10.9. The van der Waals surface area contributed by atoms with Gasteiger partial charge in [-0.05, 0) is 37.6 Å². The lowest BCUT2D eigenvalue weighted by Gasteiger charge is -2.18. The van der Waals surface area contributed by atoms with E-state index >= 15 is 0 Å². The summed E-state index contributed by atoms with van der Waals surface area (Å²) in [5.74, 6) is 0. The van der Waals surface area contributed by atoms with Crippen molar-refractivity contribution in [3.63, 3.8) is 0 Å². The highest BCUT2D eigenvalue weighted by Gasteiger charge is 2.04. The van der Waals surface area contributed by atoms with Gasteiger partial charge < -0.3 is 0 Å². The molecule has 2 aromatic carbocycles. The lowest BCUT2D eigenvalue weighted by Crippen LogP contribution is -2.17. The number of hydrogen-bond acceptors (Lipinski definition) is 1. The van der Waals surface area contributed by atoms with E-state index < -0.39 is 0 Å². The molecule has 1 nitrogen and oxygen atoms in total. The van der Waals surface area contributed by atoms with Gasteiger partial charge in [-0.1, -0.05) is 54.1 Å². The van der Waals surface area contributed by atoms with E-state index in [0.29, 0.717) is 0 Å². The molecule has 2 rings (SSSR count). The lowest BCUT2D eigenvalue weighted by molar-refractivity contribution is 0.318. The number of rotatable bonds is 4. The first-order chi connectivity index (χ1) is 8.65. The highest BCUT2D eigenvalue weighted by molar-refractivity contribution is 5.30. The Kier molecular flexibility index (Phi) is 4.16. The van der Waals surface area contributed by atoms with E-state index in [0.717, 1.165) is 13.1 Å². The molecule has 0 heterocycles. The van der Waals surface area contributed by atoms with Crippen molar-refractivity contribution in [2.75, 3.05) is 7.05 Å². The zero-order chi connectivity index (χ0) is 13.0. The minimum atomic E-state index is 0.994. The molecule has 0 unspecified atom stereocenters. The second-order valence-electron chi connectivity index (χ2n) is 5.09. The van der Waals surface area contributed by atoms with Crippen molar-refractivity contribution in [1.82, 2.24) is 4.90 Å². The van der Waals surface area contributed by atoms with Gasteiger partial charge in [-0.15, -0.1) is 0 Å². The number of hydrogen-bond donors (Lipinski definition) is 0. The van der Waals surface area contributed by atoms with Crippen LogP contribution >= 0.6 is 0 Å². The maximum absolute atomic E-state index is 2.36. The van der Waals surface area contributed by atoms with E-state index in [-0.39, 0.29) is 0 Å². The van der Waals surface area contributed by atoms with Gasteiger partial charge in [0.2, 0.25) is 0 Å². The minimum Gasteiger partial charge on any atom is -0.298 e. The SMILES string of the molecule is Cc1ccc(C)c(CN(C)Cc2ccccc2)c1. The number of aryl methyl sites for hydroxylation is 2. The molecule has 18 heavy (non-hydrogen) atoms. The Morgan fingerprint density at radius 2 is 1.61 bits per heavy atom. The first-order valence-corrected chi connectivity index (χ1v) is 6.44. The van der Waals surface area contributed by atoms with Crippen molar-refractivity contribution in [2.24, 2.45) is 0 Å². The molecule has 0 aliphatic rings. The Labute approximate surface area is 110 Å². The Morgan fingerprint density at radius 1 is 0.889 bits per heavy atom. The molecule has 0 saturated carbocycles. The molecule has 0 aromatic heterocycles. The van der Waals surface area contributed by atoms with E-state index in [9.17, 15) is 0 Å². The molecule has 2 aromatic rings. The second kappa shape index (κ2) is 5.83. The second-order valence-corrected chi connectivity index (χ2v) is 5.09. The molecule has 0 spiro atoms. The van der Waals surface area contributed by atoms with Crippen molar-refractivity contribution in [2.45, 2.75) is 26.9 Å². The van der Waals surface area contributed by atoms with Gasteiger partial charge in [0, 0.05) is 13.1 Å². The molecule has 0 fully saturated rings. The van der Waals surface area contributed by atoms with Crippen molar-refractivity contribution < 1.29 is 0 Å². The molecular weight excluding hydrogens is 218 g/mol. The average Bonchev–Trinajstić information content (AvgIpc) is 2.35. The summed E-state index contributed by atoms with van der Waals surface area (Å²) in [6.45, 7) is 6.34. The molecule has 0 atom stereocenters. The van der Waals surface area contributed by atoms with Crippen LogP contribution in [0.4, 0.5) is 0 Å². The molecule has 0 aliphatic carbocycles. The quantitative estimate of drug-likeness (QED) is 0.781. The van der Waals surface area contributed by atoms with Crippen molar-refractivity contribution >= 4 is 0 Å². The van der Waals surface area contributed by atoms with Gasteiger partial charge in [-0.2, -0.15) is 0 Å². The summed E-state index contributed by atoms with van der Waals surface area (Å²) in [5, 5.41) is 0. The van der Waals surface area contributed by atoms with E-state index in [1.165, 1.54) is 22.3 Å². The zero-order valence-electron chi connectivity index (χ0n) is 11.5. The van der Waals surface area contributed by atoms with Gasteiger partial charge in [0.15, 0.2) is 0 Å². The molecule has 1 heteroatoms. The van der Waals surface area contributed by atoms with Gasteiger partial charge in [0.05, 0.1) is 0 Å². The Bertz CT molecular complexity index is 502. The molecule has 0 saturated heterocycles. The molecule has 94 valence electrons. The highest BCUT2D eigenvalue weighted by atomic mass is 15.1. The highest BCUT2D eigenvalue weighted by Crippen LogP contribution is 2.14. The summed E-state index contributed by atoms with van der Waals surface area (Å²) >= 11 is 0. The van der Waals surface area contributed by atoms with Gasteiger partial charge in [-0.3, -0.25) is 4.90 Å². The van der Waals surface area contributed by atoms with Crippen molar-refractivity contribution in [3.8, 4) is 0 Å². The maximum atomic E-state index is 2.36. The van der Waals surface area contributed by atoms with E-state index in [1.807, 2.05) is 0 Å². The van der Waals surface area contributed by atoms with Crippen LogP contribution in [0.15, 0.2) is 48.5 Å². The van der Waals surface area contributed by atoms with Crippen LogP contribution in [-0.2, 0) is 13.1 Å². The van der Waals surface area contributed by atoms with Crippen LogP contribution in [0.5, 0.6) is 0 Å². The first kappa shape index (κ1) is 12.8. The van der Waals surface area contributed by atoms with Crippen molar-refractivity contribution in [1.29, 1.82) is 0 Å². The summed E-state index contributed by atoms with van der Waals surface area (Å²) in [6, 6.07) is 17.3. The van der Waals surface area contributed by atoms with E-state index in [4.69, 9.17) is 0 Å². The van der Waals surface area contributed by atoms with Crippen LogP contribution in [0.25, 0.3) is 0 Å². The third kappa shape index (κ3) is 3.44. The first-order valence-electron chi connectivity index (χ1n) is 6.44. The summed E-state index contributed by atoms with van der Waals surface area (Å²) < 4.78 is 0. The van der Waals surface area contributed by atoms with Crippen LogP contribution < -0.4 is 0 Å². The molecule has 0 aliphatic heterocycles. The van der Waals surface area contributed by atoms with Crippen LogP contribution in [0.2, 0.25) is 0 Å². The number of benzene rings is 2. The van der Waals surface area contributed by atoms with Crippen LogP contribution in [0.3, 0.4) is 0 Å².